The van der Waals surface area contributed by atoms with Gasteiger partial charge < -0.3 is 5.11 Å². The maximum atomic E-state index is 11.3. The zero-order valence-electron chi connectivity index (χ0n) is 8.00. The number of rotatable bonds is 3. The molecule has 0 unspecified atom stereocenters. The van der Waals surface area contributed by atoms with Crippen molar-refractivity contribution >= 4 is 5.78 Å². The van der Waals surface area contributed by atoms with E-state index in [0.717, 1.165) is 5.56 Å². The van der Waals surface area contributed by atoms with Gasteiger partial charge in [0.2, 0.25) is 0 Å². The molecule has 1 aromatic rings. The van der Waals surface area contributed by atoms with Crippen LogP contribution in [-0.4, -0.2) is 17.5 Å². The Hall–Kier alpha value is -1.15. The molecule has 0 aliphatic carbocycles. The van der Waals surface area contributed by atoms with Crippen LogP contribution in [0.15, 0.2) is 18.2 Å². The lowest BCUT2D eigenvalue weighted by Crippen LogP contribution is -2.02. The second-order valence-corrected chi connectivity index (χ2v) is 3.20. The number of aliphatic hydroxyl groups is 1. The van der Waals surface area contributed by atoms with Crippen LogP contribution >= 0.6 is 0 Å². The van der Waals surface area contributed by atoms with Gasteiger partial charge in [0, 0.05) is 12.0 Å². The molecule has 0 aliphatic heterocycles. The van der Waals surface area contributed by atoms with Crippen molar-refractivity contribution in [1.82, 2.24) is 0 Å². The van der Waals surface area contributed by atoms with Crippen LogP contribution in [0.5, 0.6) is 0 Å². The van der Waals surface area contributed by atoms with Crippen LogP contribution in [-0.2, 0) is 0 Å². The number of Topliss-reactive ketones (excluding diaryl/α,β-unsaturated/α-hetero) is 1. The Labute approximate surface area is 78.2 Å². The van der Waals surface area contributed by atoms with Crippen LogP contribution in [0.4, 0.5) is 0 Å². The van der Waals surface area contributed by atoms with Crippen molar-refractivity contribution in [2.24, 2.45) is 0 Å². The summed E-state index contributed by atoms with van der Waals surface area (Å²) in [5.41, 5.74) is 2.99. The Kier molecular flexibility index (Phi) is 3.20. The van der Waals surface area contributed by atoms with E-state index in [4.69, 9.17) is 5.11 Å². The summed E-state index contributed by atoms with van der Waals surface area (Å²) in [6, 6.07) is 5.60. The third-order valence-corrected chi connectivity index (χ3v) is 2.17. The smallest absolute Gasteiger partial charge is 0.165 e. The van der Waals surface area contributed by atoms with Gasteiger partial charge in [0.05, 0.1) is 6.61 Å². The third-order valence-electron chi connectivity index (χ3n) is 2.17. The van der Waals surface area contributed by atoms with Gasteiger partial charge in [-0.05, 0) is 31.0 Å². The first kappa shape index (κ1) is 9.93. The van der Waals surface area contributed by atoms with Crippen LogP contribution in [0.1, 0.15) is 27.9 Å². The average Bonchev–Trinajstić information content (AvgIpc) is 2.10. The van der Waals surface area contributed by atoms with Crippen LogP contribution in [0, 0.1) is 13.8 Å². The fraction of sp³-hybridized carbons (Fsp3) is 0.364. The van der Waals surface area contributed by atoms with Gasteiger partial charge in [-0.1, -0.05) is 12.1 Å². The monoisotopic (exact) mass is 178 g/mol. The quantitative estimate of drug-likeness (QED) is 0.717. The van der Waals surface area contributed by atoms with Gasteiger partial charge in [0.1, 0.15) is 0 Å². The van der Waals surface area contributed by atoms with E-state index in [0.29, 0.717) is 5.56 Å². The van der Waals surface area contributed by atoms with E-state index in [1.165, 1.54) is 5.56 Å². The highest BCUT2D eigenvalue weighted by atomic mass is 16.3. The molecule has 1 aromatic carbocycles. The maximum absolute atomic E-state index is 11.3. The minimum Gasteiger partial charge on any atom is -0.396 e. The number of hydrogen-bond donors (Lipinski definition) is 1. The second kappa shape index (κ2) is 4.19. The molecule has 0 aromatic heterocycles. The molecule has 13 heavy (non-hydrogen) atoms. The van der Waals surface area contributed by atoms with Gasteiger partial charge in [0.25, 0.3) is 0 Å². The lowest BCUT2D eigenvalue weighted by atomic mass is 10.0. The molecule has 1 rings (SSSR count). The second-order valence-electron chi connectivity index (χ2n) is 3.20. The van der Waals surface area contributed by atoms with Crippen molar-refractivity contribution in [3.05, 3.63) is 34.9 Å². The Morgan fingerprint density at radius 1 is 1.31 bits per heavy atom. The van der Waals surface area contributed by atoms with Crippen molar-refractivity contribution < 1.29 is 9.90 Å². The number of benzene rings is 1. The number of aryl methyl sites for hydroxylation is 2. The van der Waals surface area contributed by atoms with E-state index in [1.807, 2.05) is 26.0 Å². The van der Waals surface area contributed by atoms with Crippen molar-refractivity contribution in [1.29, 1.82) is 0 Å². The molecule has 0 radical (unpaired) electrons. The Morgan fingerprint density at radius 3 is 2.54 bits per heavy atom. The van der Waals surface area contributed by atoms with E-state index < -0.39 is 0 Å². The molecule has 0 spiro atoms. The molecule has 0 amide bonds. The van der Waals surface area contributed by atoms with Crippen molar-refractivity contribution in [3.63, 3.8) is 0 Å². The van der Waals surface area contributed by atoms with E-state index in [1.54, 1.807) is 6.07 Å². The SMILES string of the molecule is Cc1ccc(C(=O)CCO)cc1C. The van der Waals surface area contributed by atoms with Crippen molar-refractivity contribution in [2.45, 2.75) is 20.3 Å². The first-order valence-corrected chi connectivity index (χ1v) is 4.36. The molecule has 0 saturated heterocycles. The maximum Gasteiger partial charge on any atom is 0.165 e. The normalized spacial score (nSPS) is 10.1. The molecule has 0 fully saturated rings. The summed E-state index contributed by atoms with van der Waals surface area (Å²) in [5.74, 6) is 0.00519. The van der Waals surface area contributed by atoms with Gasteiger partial charge in [-0.3, -0.25) is 4.79 Å². The van der Waals surface area contributed by atoms with E-state index in [2.05, 4.69) is 0 Å². The van der Waals surface area contributed by atoms with Crippen molar-refractivity contribution in [2.75, 3.05) is 6.61 Å². The van der Waals surface area contributed by atoms with E-state index >= 15 is 0 Å². The number of carbonyl (C=O) groups is 1. The molecule has 0 bridgehead atoms. The molecule has 70 valence electrons. The summed E-state index contributed by atoms with van der Waals surface area (Å²) in [6.07, 6.45) is 0.211. The van der Waals surface area contributed by atoms with Crippen LogP contribution in [0.25, 0.3) is 0 Å². The van der Waals surface area contributed by atoms with Crippen LogP contribution < -0.4 is 0 Å². The molecule has 0 heterocycles. The summed E-state index contributed by atoms with van der Waals surface area (Å²) < 4.78 is 0. The number of carbonyl (C=O) groups excluding carboxylic acids is 1. The predicted octanol–water partition coefficient (Wildman–Crippen LogP) is 1.87. The highest BCUT2D eigenvalue weighted by Gasteiger charge is 2.05. The summed E-state index contributed by atoms with van der Waals surface area (Å²) >= 11 is 0. The third kappa shape index (κ3) is 2.39. The first-order chi connectivity index (χ1) is 6.15. The van der Waals surface area contributed by atoms with Crippen LogP contribution in [0.3, 0.4) is 0 Å². The summed E-state index contributed by atoms with van der Waals surface area (Å²) in [7, 11) is 0. The lowest BCUT2D eigenvalue weighted by molar-refractivity contribution is 0.0956. The zero-order chi connectivity index (χ0) is 9.84. The summed E-state index contributed by atoms with van der Waals surface area (Å²) in [4.78, 5) is 11.3. The lowest BCUT2D eigenvalue weighted by Gasteiger charge is -2.03. The minimum absolute atomic E-state index is 0.00519. The first-order valence-electron chi connectivity index (χ1n) is 4.36. The van der Waals surface area contributed by atoms with Crippen molar-refractivity contribution in [3.8, 4) is 0 Å². The van der Waals surface area contributed by atoms with Gasteiger partial charge in [-0.2, -0.15) is 0 Å². The highest BCUT2D eigenvalue weighted by molar-refractivity contribution is 5.96. The molecule has 0 atom stereocenters. The van der Waals surface area contributed by atoms with E-state index in [-0.39, 0.29) is 18.8 Å². The fourth-order valence-corrected chi connectivity index (χ4v) is 1.16. The molecule has 1 N–H and O–H groups in total. The molecule has 0 saturated carbocycles. The minimum atomic E-state index is -0.0776. The van der Waals surface area contributed by atoms with Gasteiger partial charge in [0.15, 0.2) is 5.78 Å². The Bertz CT molecular complexity index is 316. The molecule has 2 heteroatoms. The zero-order valence-corrected chi connectivity index (χ0v) is 8.00. The topological polar surface area (TPSA) is 37.3 Å². The number of aliphatic hydroxyl groups excluding tert-OH is 1. The molecule has 0 aliphatic rings. The van der Waals surface area contributed by atoms with Gasteiger partial charge >= 0.3 is 0 Å². The fourth-order valence-electron chi connectivity index (χ4n) is 1.16. The highest BCUT2D eigenvalue weighted by Crippen LogP contribution is 2.11. The van der Waals surface area contributed by atoms with Crippen LogP contribution in [0.2, 0.25) is 0 Å². The van der Waals surface area contributed by atoms with Gasteiger partial charge in [-0.15, -0.1) is 0 Å². The summed E-state index contributed by atoms with van der Waals surface area (Å²) in [6.45, 7) is 3.91. The van der Waals surface area contributed by atoms with Gasteiger partial charge in [-0.25, -0.2) is 0 Å². The molecular weight excluding hydrogens is 164 g/mol. The molecular formula is C11H14O2. The summed E-state index contributed by atoms with van der Waals surface area (Å²) in [5, 5.41) is 8.60. The molecule has 2 nitrogen and oxygen atoms in total. The largest absolute Gasteiger partial charge is 0.396 e. The number of hydrogen-bond acceptors (Lipinski definition) is 2. The Balaban J connectivity index is 2.90. The number of ketones is 1. The standard InChI is InChI=1S/C11H14O2/c1-8-3-4-10(7-9(8)2)11(13)5-6-12/h3-4,7,12H,5-6H2,1-2H3. The Morgan fingerprint density at radius 2 is 2.00 bits per heavy atom. The predicted molar refractivity (Wildman–Crippen MR) is 51.9 cm³/mol. The average molecular weight is 178 g/mol. The van der Waals surface area contributed by atoms with E-state index in [9.17, 15) is 4.79 Å².